The minimum atomic E-state index is -3.64. The van der Waals surface area contributed by atoms with Crippen molar-refractivity contribution in [2.24, 2.45) is 22.9 Å². The van der Waals surface area contributed by atoms with E-state index in [9.17, 15) is 23.4 Å². The average Bonchev–Trinajstić information content (AvgIpc) is 3.10. The van der Waals surface area contributed by atoms with Crippen LogP contribution in [0.25, 0.3) is 0 Å². The molecule has 1 fully saturated rings. The molecule has 1 aliphatic heterocycles. The van der Waals surface area contributed by atoms with Gasteiger partial charge in [-0.05, 0) is 104 Å². The Balaban J connectivity index is 1.36. The highest BCUT2D eigenvalue weighted by Gasteiger charge is 2.44. The molecule has 3 aliphatic rings. The zero-order valence-electron chi connectivity index (χ0n) is 25.6. The van der Waals surface area contributed by atoms with Gasteiger partial charge in [-0.1, -0.05) is 50.1 Å². The van der Waals surface area contributed by atoms with Gasteiger partial charge in [-0.15, -0.1) is 0 Å². The molecule has 10 heteroatoms. The van der Waals surface area contributed by atoms with E-state index in [0.717, 1.165) is 49.2 Å². The fourth-order valence-electron chi connectivity index (χ4n) is 7.59. The maximum Gasteiger partial charge on any atom is 0.335 e. The van der Waals surface area contributed by atoms with Gasteiger partial charge in [0, 0.05) is 23.5 Å². The highest BCUT2D eigenvalue weighted by atomic mass is 35.5. The largest absolute Gasteiger partial charge is 0.490 e. The van der Waals surface area contributed by atoms with Gasteiger partial charge >= 0.3 is 5.97 Å². The monoisotopic (exact) mass is 644 g/mol. The Morgan fingerprint density at radius 1 is 1.25 bits per heavy atom. The first-order valence-corrected chi connectivity index (χ1v) is 17.8. The molecule has 4 N–H and O–H groups in total. The van der Waals surface area contributed by atoms with Crippen molar-refractivity contribution in [3.05, 3.63) is 70.3 Å². The van der Waals surface area contributed by atoms with E-state index in [4.69, 9.17) is 21.5 Å². The van der Waals surface area contributed by atoms with E-state index in [1.54, 1.807) is 18.2 Å². The number of hydrogen-bond acceptors (Lipinski definition) is 6. The molecule has 2 aromatic rings. The molecule has 0 saturated heterocycles. The number of fused-ring (bicyclic) bond motifs is 3. The Hall–Kier alpha value is -2.59. The Labute approximate surface area is 266 Å². The second-order valence-corrected chi connectivity index (χ2v) is 15.4. The van der Waals surface area contributed by atoms with Crippen LogP contribution in [0.3, 0.4) is 0 Å². The Morgan fingerprint density at radius 2 is 2.05 bits per heavy atom. The number of nitrogens with two attached hydrogens (primary N) is 1. The van der Waals surface area contributed by atoms with Crippen molar-refractivity contribution in [1.82, 2.24) is 0 Å². The summed E-state index contributed by atoms with van der Waals surface area (Å²) in [4.78, 5) is 14.2. The van der Waals surface area contributed by atoms with Gasteiger partial charge in [0.25, 0.3) is 0 Å². The third kappa shape index (κ3) is 6.96. The van der Waals surface area contributed by atoms with Gasteiger partial charge in [0.2, 0.25) is 10.0 Å². The van der Waals surface area contributed by atoms with Crippen LogP contribution in [-0.4, -0.2) is 55.7 Å². The van der Waals surface area contributed by atoms with Gasteiger partial charge < -0.3 is 19.8 Å². The minimum absolute atomic E-state index is 0.0508. The van der Waals surface area contributed by atoms with Crippen LogP contribution < -0.4 is 14.8 Å². The zero-order valence-corrected chi connectivity index (χ0v) is 27.2. The number of carboxylic acids is 1. The first-order chi connectivity index (χ1) is 20.9. The summed E-state index contributed by atoms with van der Waals surface area (Å²) in [5.41, 5.74) is 3.20. The van der Waals surface area contributed by atoms with Gasteiger partial charge in [0.1, 0.15) is 5.75 Å². The van der Waals surface area contributed by atoms with Gasteiger partial charge in [-0.3, -0.25) is 0 Å². The van der Waals surface area contributed by atoms with Gasteiger partial charge in [-0.25, -0.2) is 18.4 Å². The lowest BCUT2D eigenvalue weighted by atomic mass is 9.68. The van der Waals surface area contributed by atoms with Crippen LogP contribution in [0.15, 0.2) is 48.6 Å². The van der Waals surface area contributed by atoms with Crippen molar-refractivity contribution in [3.63, 3.8) is 0 Å². The molecule has 0 radical (unpaired) electrons. The molecule has 1 heterocycles. The number of benzene rings is 2. The van der Waals surface area contributed by atoms with E-state index >= 15 is 0 Å². The molecule has 2 aromatic carbocycles. The second kappa shape index (κ2) is 13.4. The van der Waals surface area contributed by atoms with Gasteiger partial charge in [0.05, 0.1) is 29.2 Å². The molecule has 0 unspecified atom stereocenters. The van der Waals surface area contributed by atoms with Crippen molar-refractivity contribution >= 4 is 33.3 Å². The number of ether oxygens (including phenoxy) is 1. The van der Waals surface area contributed by atoms with Crippen molar-refractivity contribution < 1.29 is 28.2 Å². The van der Waals surface area contributed by atoms with Crippen molar-refractivity contribution in [1.29, 1.82) is 0 Å². The number of halogens is 1. The number of carboxylic acid groups (broad SMARTS) is 1. The number of aliphatic hydroxyl groups is 1. The lowest BCUT2D eigenvalue weighted by Crippen LogP contribution is -2.49. The second-order valence-electron chi connectivity index (χ2n) is 13.1. The van der Waals surface area contributed by atoms with Crippen molar-refractivity contribution in [3.8, 4) is 5.75 Å². The zero-order chi connectivity index (χ0) is 31.6. The summed E-state index contributed by atoms with van der Waals surface area (Å²) in [7, 11) is -3.64. The summed E-state index contributed by atoms with van der Waals surface area (Å²) in [6, 6.07) is 11.2. The number of anilines is 1. The quantitative estimate of drug-likeness (QED) is 0.258. The number of aryl methyl sites for hydroxylation is 1. The molecule has 0 aromatic heterocycles. The molecule has 1 saturated carbocycles. The summed E-state index contributed by atoms with van der Waals surface area (Å²) in [6.07, 6.45) is 9.61. The van der Waals surface area contributed by atoms with E-state index in [-0.39, 0.29) is 28.7 Å². The van der Waals surface area contributed by atoms with Gasteiger partial charge in [-0.2, -0.15) is 0 Å². The van der Waals surface area contributed by atoms with Crippen molar-refractivity contribution in [2.45, 2.75) is 82.0 Å². The number of nitrogens with zero attached hydrogens (tertiary/aromatic N) is 1. The third-order valence-corrected chi connectivity index (χ3v) is 11.9. The predicted octanol–water partition coefficient (Wildman–Crippen LogP) is 5.94. The fraction of sp³-hybridized carbons (Fsp3) is 0.559. The Kier molecular flexibility index (Phi) is 10.00. The molecule has 2 aliphatic carbocycles. The maximum atomic E-state index is 12.1. The van der Waals surface area contributed by atoms with Crippen LogP contribution in [-0.2, 0) is 21.9 Å². The normalized spacial score (nSPS) is 25.3. The summed E-state index contributed by atoms with van der Waals surface area (Å²) in [5.74, 6) is -0.199. The molecule has 5 rings (SSSR count). The van der Waals surface area contributed by atoms with E-state index in [0.29, 0.717) is 38.3 Å². The topological polar surface area (TPSA) is 130 Å². The number of rotatable bonds is 11. The molecule has 44 heavy (non-hydrogen) atoms. The molecule has 1 spiro atoms. The lowest BCUT2D eigenvalue weighted by Gasteiger charge is -2.45. The highest BCUT2D eigenvalue weighted by molar-refractivity contribution is 7.89. The summed E-state index contributed by atoms with van der Waals surface area (Å²) in [5, 5.41) is 26.6. The molecular formula is C34H45ClN2O6S. The average molecular weight is 645 g/mol. The molecule has 8 nitrogen and oxygen atoms in total. The molecule has 6 atom stereocenters. The lowest BCUT2D eigenvalue weighted by molar-refractivity contribution is 0.0455. The van der Waals surface area contributed by atoms with E-state index in [2.05, 4.69) is 17.0 Å². The summed E-state index contributed by atoms with van der Waals surface area (Å²) < 4.78 is 30.6. The Morgan fingerprint density at radius 3 is 2.73 bits per heavy atom. The fourth-order valence-corrected chi connectivity index (χ4v) is 9.10. The summed E-state index contributed by atoms with van der Waals surface area (Å²) >= 11 is 6.37. The van der Waals surface area contributed by atoms with Crippen LogP contribution >= 0.6 is 11.6 Å². The smallest absolute Gasteiger partial charge is 0.335 e. The number of carbonyl (C=O) groups is 1. The van der Waals surface area contributed by atoms with Crippen LogP contribution in [0, 0.1) is 17.8 Å². The Bertz CT molecular complexity index is 1500. The molecule has 0 amide bonds. The maximum absolute atomic E-state index is 12.1. The van der Waals surface area contributed by atoms with E-state index < -0.39 is 27.3 Å². The van der Waals surface area contributed by atoms with Crippen LogP contribution in [0.1, 0.15) is 80.3 Å². The summed E-state index contributed by atoms with van der Waals surface area (Å²) in [6.45, 7) is 5.68. The number of aromatic carboxylic acids is 1. The van der Waals surface area contributed by atoms with Crippen LogP contribution in [0.2, 0.25) is 5.02 Å². The van der Waals surface area contributed by atoms with E-state index in [1.165, 1.54) is 11.1 Å². The molecular weight excluding hydrogens is 600 g/mol. The third-order valence-electron chi connectivity index (χ3n) is 10.1. The van der Waals surface area contributed by atoms with Crippen LogP contribution in [0.4, 0.5) is 5.69 Å². The molecule has 240 valence electrons. The number of aliphatic hydroxyl groups excluding tert-OH is 1. The number of allylic oxidation sites excluding steroid dienone is 1. The highest BCUT2D eigenvalue weighted by Crippen LogP contribution is 2.46. The van der Waals surface area contributed by atoms with Crippen LogP contribution in [0.5, 0.6) is 5.75 Å². The number of sulfonamides is 1. The van der Waals surface area contributed by atoms with Crippen molar-refractivity contribution in [2.75, 3.05) is 24.6 Å². The predicted molar refractivity (Wildman–Crippen MR) is 174 cm³/mol. The SMILES string of the molecule is CCC[C@H]([C@H](C)CC=C[C@H](O)[C@@H]1CC[C@H]1CN1C[C@]2(CCCc3cc(Cl)ccc32)COc2ccc(C(=O)O)cc21)S(N)(=O)=O. The molecule has 0 bridgehead atoms. The minimum Gasteiger partial charge on any atom is -0.490 e. The van der Waals surface area contributed by atoms with E-state index in [1.807, 2.05) is 32.1 Å². The number of hydrogen-bond donors (Lipinski definition) is 3. The number of primary sulfonamides is 1. The first-order valence-electron chi connectivity index (χ1n) is 15.8. The first kappa shape index (κ1) is 32.8. The standard InChI is InChI=1S/C34H45ClN2O6S/c1-3-6-32(44(36,41)42)22(2)7-4-9-30(38)27-13-10-25(27)19-37-20-34(16-5-8-23-17-26(35)12-14-28(23)34)21-43-31-15-11-24(33(39)40)18-29(31)37/h4,9,11-12,14-15,17-18,22,25,27,30,32,38H,3,5-8,10,13,16,19-21H2,1-2H3,(H,39,40)(H2,36,41,42)/t22-,25+,27-,30+,32-,34-/m1/s1. The van der Waals surface area contributed by atoms with Gasteiger partial charge in [0.15, 0.2) is 0 Å².